The zero-order valence-corrected chi connectivity index (χ0v) is 12.5. The molecule has 1 aromatic carbocycles. The average molecular weight is 330 g/mol. The lowest BCUT2D eigenvalue weighted by atomic mass is 10.2. The number of benzene rings is 1. The molecular formula is C14H20BrNO3. The molecule has 106 valence electrons. The van der Waals surface area contributed by atoms with E-state index in [1.165, 1.54) is 0 Å². The van der Waals surface area contributed by atoms with E-state index in [-0.39, 0.29) is 12.5 Å². The molecule has 0 atom stereocenters. The van der Waals surface area contributed by atoms with Crippen LogP contribution in [0.3, 0.4) is 0 Å². The minimum Gasteiger partial charge on any atom is -0.492 e. The van der Waals surface area contributed by atoms with Crippen LogP contribution < -0.4 is 10.1 Å². The highest BCUT2D eigenvalue weighted by Gasteiger charge is 2.10. The van der Waals surface area contributed by atoms with Gasteiger partial charge >= 0.3 is 0 Å². The molecule has 0 heterocycles. The average Bonchev–Trinajstić information content (AvgIpc) is 2.45. The minimum atomic E-state index is -0.117. The smallest absolute Gasteiger partial charge is 0.255 e. The molecule has 0 unspecified atom stereocenters. The van der Waals surface area contributed by atoms with E-state index in [1.54, 1.807) is 12.1 Å². The first kappa shape index (κ1) is 16.0. The van der Waals surface area contributed by atoms with Gasteiger partial charge in [-0.25, -0.2) is 0 Å². The van der Waals surface area contributed by atoms with Crippen LogP contribution in [0.2, 0.25) is 0 Å². The summed E-state index contributed by atoms with van der Waals surface area (Å²) in [7, 11) is 0. The number of nitrogens with one attached hydrogen (secondary N) is 1. The van der Waals surface area contributed by atoms with Crippen molar-refractivity contribution in [3.05, 3.63) is 29.8 Å². The van der Waals surface area contributed by atoms with Crippen LogP contribution in [0, 0.1) is 0 Å². The van der Waals surface area contributed by atoms with Crippen molar-refractivity contribution in [2.75, 3.05) is 25.1 Å². The Hall–Kier alpha value is -1.07. The number of ether oxygens (including phenoxy) is 1. The summed E-state index contributed by atoms with van der Waals surface area (Å²) < 4.78 is 5.51. The van der Waals surface area contributed by atoms with Gasteiger partial charge in [-0.05, 0) is 31.4 Å². The lowest BCUT2D eigenvalue weighted by Gasteiger charge is -2.10. The van der Waals surface area contributed by atoms with Crippen molar-refractivity contribution >= 4 is 21.8 Å². The monoisotopic (exact) mass is 329 g/mol. The minimum absolute atomic E-state index is 0.117. The van der Waals surface area contributed by atoms with Gasteiger partial charge in [0.15, 0.2) is 0 Å². The molecule has 0 saturated carbocycles. The van der Waals surface area contributed by atoms with Crippen molar-refractivity contribution < 1.29 is 14.6 Å². The maximum Gasteiger partial charge on any atom is 0.255 e. The molecule has 1 amide bonds. The Morgan fingerprint density at radius 3 is 2.79 bits per heavy atom. The van der Waals surface area contributed by atoms with Crippen LogP contribution in [0.1, 0.15) is 29.6 Å². The van der Waals surface area contributed by atoms with E-state index in [1.807, 2.05) is 12.1 Å². The molecule has 0 radical (unpaired) electrons. The lowest BCUT2D eigenvalue weighted by Crippen LogP contribution is -2.25. The van der Waals surface area contributed by atoms with Gasteiger partial charge in [-0.15, -0.1) is 0 Å². The van der Waals surface area contributed by atoms with Crippen LogP contribution in [0.5, 0.6) is 5.75 Å². The van der Waals surface area contributed by atoms with Crippen LogP contribution in [0.4, 0.5) is 0 Å². The number of para-hydroxylation sites is 1. The van der Waals surface area contributed by atoms with Crippen molar-refractivity contribution in [1.82, 2.24) is 5.32 Å². The largest absolute Gasteiger partial charge is 0.492 e. The van der Waals surface area contributed by atoms with Crippen molar-refractivity contribution in [2.45, 2.75) is 19.3 Å². The van der Waals surface area contributed by atoms with Gasteiger partial charge in [-0.3, -0.25) is 4.79 Å². The van der Waals surface area contributed by atoms with E-state index >= 15 is 0 Å². The third-order valence-corrected chi connectivity index (χ3v) is 2.91. The van der Waals surface area contributed by atoms with E-state index in [2.05, 4.69) is 21.2 Å². The fourth-order valence-electron chi connectivity index (χ4n) is 1.64. The van der Waals surface area contributed by atoms with Crippen LogP contribution in [0.25, 0.3) is 0 Å². The molecule has 0 aliphatic heterocycles. The second-order valence-electron chi connectivity index (χ2n) is 4.07. The number of aliphatic hydroxyl groups is 1. The van der Waals surface area contributed by atoms with Crippen LogP contribution in [0.15, 0.2) is 24.3 Å². The Kier molecular flexibility index (Phi) is 8.25. The summed E-state index contributed by atoms with van der Waals surface area (Å²) in [5, 5.41) is 12.3. The second-order valence-corrected chi connectivity index (χ2v) is 4.87. The molecule has 0 aliphatic rings. The zero-order chi connectivity index (χ0) is 13.9. The number of alkyl halides is 1. The Morgan fingerprint density at radius 2 is 2.05 bits per heavy atom. The molecule has 1 rings (SSSR count). The molecule has 5 heteroatoms. The Balaban J connectivity index is 2.46. The van der Waals surface area contributed by atoms with Gasteiger partial charge < -0.3 is 15.2 Å². The molecule has 4 nitrogen and oxygen atoms in total. The Bertz CT molecular complexity index is 385. The molecule has 0 aliphatic carbocycles. The van der Waals surface area contributed by atoms with E-state index in [9.17, 15) is 4.79 Å². The zero-order valence-electron chi connectivity index (χ0n) is 10.9. The number of aliphatic hydroxyl groups excluding tert-OH is 1. The molecule has 0 saturated heterocycles. The molecule has 19 heavy (non-hydrogen) atoms. The molecule has 0 aromatic heterocycles. The Labute approximate surface area is 122 Å². The molecule has 0 spiro atoms. The topological polar surface area (TPSA) is 58.6 Å². The summed E-state index contributed by atoms with van der Waals surface area (Å²) in [4.78, 5) is 12.0. The van der Waals surface area contributed by atoms with Crippen LogP contribution in [-0.2, 0) is 0 Å². The lowest BCUT2D eigenvalue weighted by molar-refractivity contribution is 0.0949. The van der Waals surface area contributed by atoms with E-state index < -0.39 is 0 Å². The van der Waals surface area contributed by atoms with Gasteiger partial charge in [0.25, 0.3) is 5.91 Å². The van der Waals surface area contributed by atoms with Crippen LogP contribution in [-0.4, -0.2) is 36.1 Å². The predicted octanol–water partition coefficient (Wildman–Crippen LogP) is 2.35. The standard InChI is InChI=1S/C14H20BrNO3/c15-8-11-19-13-7-3-2-6-12(13)14(18)16-9-4-1-5-10-17/h2-3,6-7,17H,1,4-5,8-11H2,(H,16,18). The summed E-state index contributed by atoms with van der Waals surface area (Å²) in [5.41, 5.74) is 0.561. The molecule has 2 N–H and O–H groups in total. The number of unbranched alkanes of at least 4 members (excludes halogenated alkanes) is 2. The summed E-state index contributed by atoms with van der Waals surface area (Å²) in [6.45, 7) is 1.35. The molecule has 0 bridgehead atoms. The van der Waals surface area contributed by atoms with Gasteiger partial charge in [0, 0.05) is 18.5 Å². The number of carbonyl (C=O) groups excluding carboxylic acids is 1. The third kappa shape index (κ3) is 6.07. The normalized spacial score (nSPS) is 10.2. The van der Waals surface area contributed by atoms with E-state index in [4.69, 9.17) is 9.84 Å². The van der Waals surface area contributed by atoms with Gasteiger partial charge in [0.05, 0.1) is 12.2 Å². The second kappa shape index (κ2) is 9.81. The summed E-state index contributed by atoms with van der Waals surface area (Å²) >= 11 is 3.29. The highest BCUT2D eigenvalue weighted by atomic mass is 79.9. The molecular weight excluding hydrogens is 310 g/mol. The summed E-state index contributed by atoms with van der Waals surface area (Å²) in [6, 6.07) is 7.22. The number of halogens is 1. The predicted molar refractivity (Wildman–Crippen MR) is 79.0 cm³/mol. The highest BCUT2D eigenvalue weighted by molar-refractivity contribution is 9.09. The van der Waals surface area contributed by atoms with Gasteiger partial charge in [0.2, 0.25) is 0 Å². The Morgan fingerprint density at radius 1 is 1.26 bits per heavy atom. The van der Waals surface area contributed by atoms with Crippen LogP contribution >= 0.6 is 15.9 Å². The number of rotatable bonds is 9. The maximum atomic E-state index is 12.0. The van der Waals surface area contributed by atoms with E-state index in [0.29, 0.717) is 24.5 Å². The van der Waals surface area contributed by atoms with Crippen molar-refractivity contribution in [3.8, 4) is 5.75 Å². The quantitative estimate of drug-likeness (QED) is 0.540. The van der Waals surface area contributed by atoms with Crippen molar-refractivity contribution in [2.24, 2.45) is 0 Å². The first-order valence-corrected chi connectivity index (χ1v) is 7.58. The first-order chi connectivity index (χ1) is 9.29. The maximum absolute atomic E-state index is 12.0. The van der Waals surface area contributed by atoms with Gasteiger partial charge in [-0.2, -0.15) is 0 Å². The molecule has 1 aromatic rings. The number of amides is 1. The van der Waals surface area contributed by atoms with Crippen molar-refractivity contribution in [1.29, 1.82) is 0 Å². The van der Waals surface area contributed by atoms with E-state index in [0.717, 1.165) is 24.6 Å². The SMILES string of the molecule is O=C(NCCCCCO)c1ccccc1OCCBr. The fourth-order valence-corrected chi connectivity index (χ4v) is 1.80. The number of hydrogen-bond acceptors (Lipinski definition) is 3. The fraction of sp³-hybridized carbons (Fsp3) is 0.500. The highest BCUT2D eigenvalue weighted by Crippen LogP contribution is 2.17. The third-order valence-electron chi connectivity index (χ3n) is 2.59. The van der Waals surface area contributed by atoms with Gasteiger partial charge in [0.1, 0.15) is 5.75 Å². The molecule has 0 fully saturated rings. The first-order valence-electron chi connectivity index (χ1n) is 6.46. The van der Waals surface area contributed by atoms with Gasteiger partial charge in [-0.1, -0.05) is 28.1 Å². The van der Waals surface area contributed by atoms with Crippen molar-refractivity contribution in [3.63, 3.8) is 0 Å². The summed E-state index contributed by atoms with van der Waals surface area (Å²) in [5.74, 6) is 0.490. The number of carbonyl (C=O) groups is 1. The summed E-state index contributed by atoms with van der Waals surface area (Å²) in [6.07, 6.45) is 2.57. The number of hydrogen-bond donors (Lipinski definition) is 2.